The predicted octanol–water partition coefficient (Wildman–Crippen LogP) is 3.40. The number of allylic oxidation sites excluding steroid dienone is 4. The van der Waals surface area contributed by atoms with Crippen LogP contribution in [-0.2, 0) is 13.6 Å². The summed E-state index contributed by atoms with van der Waals surface area (Å²) in [6, 6.07) is 5.74. The molecule has 0 aliphatic carbocycles. The maximum atomic E-state index is 12.0. The minimum atomic E-state index is -0.0112. The third kappa shape index (κ3) is 3.08. The molecule has 0 aromatic carbocycles. The molecular formula is C20H20N4O. The Balaban J connectivity index is 2.26. The molecule has 126 valence electrons. The third-order valence-corrected chi connectivity index (χ3v) is 4.08. The second-order valence-electron chi connectivity index (χ2n) is 5.88. The molecule has 3 heterocycles. The number of hydrogen-bond acceptors (Lipinski definition) is 3. The van der Waals surface area contributed by atoms with Crippen LogP contribution in [0.3, 0.4) is 0 Å². The van der Waals surface area contributed by atoms with Gasteiger partial charge in [0.1, 0.15) is 5.82 Å². The standard InChI is InChI=1S/C20H20N4O/c1-5-8-15(6-2)12-24-17-9-7-10-21-18(17)22-19(24)16-11-14(3)20(25)23(4)13-16/h5-11,13H,1-2,12H2,3-4H3/b15-8+. The van der Waals surface area contributed by atoms with Crippen molar-refractivity contribution in [3.63, 3.8) is 0 Å². The van der Waals surface area contributed by atoms with Crippen LogP contribution in [0.1, 0.15) is 5.56 Å². The van der Waals surface area contributed by atoms with Gasteiger partial charge in [-0.25, -0.2) is 9.97 Å². The molecule has 3 rings (SSSR count). The Morgan fingerprint density at radius 2 is 2.16 bits per heavy atom. The smallest absolute Gasteiger partial charge is 0.253 e. The first-order valence-corrected chi connectivity index (χ1v) is 7.98. The number of imidazole rings is 1. The molecule has 0 spiro atoms. The summed E-state index contributed by atoms with van der Waals surface area (Å²) in [4.78, 5) is 21.1. The molecule has 0 bridgehead atoms. The van der Waals surface area contributed by atoms with E-state index in [0.717, 1.165) is 22.5 Å². The van der Waals surface area contributed by atoms with Crippen molar-refractivity contribution < 1.29 is 0 Å². The van der Waals surface area contributed by atoms with Crippen LogP contribution in [0.15, 0.2) is 72.3 Å². The molecule has 5 heteroatoms. The van der Waals surface area contributed by atoms with E-state index < -0.39 is 0 Å². The van der Waals surface area contributed by atoms with Crippen molar-refractivity contribution in [2.75, 3.05) is 0 Å². The Morgan fingerprint density at radius 1 is 1.36 bits per heavy atom. The number of aromatic nitrogens is 4. The van der Waals surface area contributed by atoms with E-state index in [0.29, 0.717) is 17.8 Å². The number of hydrogen-bond donors (Lipinski definition) is 0. The van der Waals surface area contributed by atoms with Gasteiger partial charge in [0.2, 0.25) is 0 Å². The molecular weight excluding hydrogens is 312 g/mol. The molecule has 3 aromatic rings. The maximum Gasteiger partial charge on any atom is 0.253 e. The lowest BCUT2D eigenvalue weighted by molar-refractivity contribution is 0.818. The Kier molecular flexibility index (Phi) is 4.48. The number of aryl methyl sites for hydroxylation is 2. The van der Waals surface area contributed by atoms with Crippen LogP contribution in [0.4, 0.5) is 0 Å². The second-order valence-corrected chi connectivity index (χ2v) is 5.88. The summed E-state index contributed by atoms with van der Waals surface area (Å²) in [6.45, 7) is 10.0. The van der Waals surface area contributed by atoms with Crippen molar-refractivity contribution >= 4 is 11.2 Å². The fourth-order valence-corrected chi connectivity index (χ4v) is 2.86. The van der Waals surface area contributed by atoms with Crippen LogP contribution >= 0.6 is 0 Å². The van der Waals surface area contributed by atoms with Gasteiger partial charge in [0, 0.05) is 37.1 Å². The highest BCUT2D eigenvalue weighted by molar-refractivity contribution is 5.77. The lowest BCUT2D eigenvalue weighted by atomic mass is 10.2. The zero-order valence-electron chi connectivity index (χ0n) is 14.4. The zero-order chi connectivity index (χ0) is 18.0. The molecule has 5 nitrogen and oxygen atoms in total. The molecule has 0 N–H and O–H groups in total. The lowest BCUT2D eigenvalue weighted by Gasteiger charge is -2.11. The quantitative estimate of drug-likeness (QED) is 0.673. The summed E-state index contributed by atoms with van der Waals surface area (Å²) < 4.78 is 3.66. The van der Waals surface area contributed by atoms with Gasteiger partial charge in [0.15, 0.2) is 5.65 Å². The molecule has 0 amide bonds. The Labute approximate surface area is 146 Å². The first-order chi connectivity index (χ1) is 12.0. The highest BCUT2D eigenvalue weighted by Crippen LogP contribution is 2.25. The zero-order valence-corrected chi connectivity index (χ0v) is 14.4. The second kappa shape index (κ2) is 6.73. The van der Waals surface area contributed by atoms with Gasteiger partial charge in [-0.2, -0.15) is 0 Å². The van der Waals surface area contributed by atoms with E-state index in [4.69, 9.17) is 4.98 Å². The first-order valence-electron chi connectivity index (χ1n) is 7.98. The summed E-state index contributed by atoms with van der Waals surface area (Å²) in [5, 5.41) is 0. The van der Waals surface area contributed by atoms with E-state index in [1.807, 2.05) is 31.2 Å². The van der Waals surface area contributed by atoms with Crippen LogP contribution in [-0.4, -0.2) is 19.1 Å². The number of nitrogens with zero attached hydrogens (tertiary/aromatic N) is 4. The highest BCUT2D eigenvalue weighted by atomic mass is 16.1. The molecule has 0 atom stereocenters. The van der Waals surface area contributed by atoms with Gasteiger partial charge in [-0.15, -0.1) is 0 Å². The van der Waals surface area contributed by atoms with Crippen molar-refractivity contribution in [2.45, 2.75) is 13.5 Å². The molecule has 0 aliphatic rings. The van der Waals surface area contributed by atoms with Crippen LogP contribution in [0.2, 0.25) is 0 Å². The topological polar surface area (TPSA) is 52.7 Å². The van der Waals surface area contributed by atoms with Gasteiger partial charge in [0.25, 0.3) is 5.56 Å². The summed E-state index contributed by atoms with van der Waals surface area (Å²) in [5.41, 5.74) is 4.16. The number of rotatable bonds is 5. The molecule has 3 aromatic heterocycles. The molecule has 0 aliphatic heterocycles. The predicted molar refractivity (Wildman–Crippen MR) is 101 cm³/mol. The molecule has 0 saturated heterocycles. The van der Waals surface area contributed by atoms with E-state index >= 15 is 0 Å². The summed E-state index contributed by atoms with van der Waals surface area (Å²) >= 11 is 0. The SMILES string of the molecule is C=C/C=C(\C=C)Cn1c(-c2cc(C)c(=O)n(C)c2)nc2ncccc21. The summed E-state index contributed by atoms with van der Waals surface area (Å²) in [6.07, 6.45) is 9.00. The minimum Gasteiger partial charge on any atom is -0.318 e. The van der Waals surface area contributed by atoms with Crippen LogP contribution in [0.25, 0.3) is 22.6 Å². The van der Waals surface area contributed by atoms with Crippen molar-refractivity contribution in [3.8, 4) is 11.4 Å². The Hall–Kier alpha value is -3.21. The minimum absolute atomic E-state index is 0.0112. The van der Waals surface area contributed by atoms with Crippen LogP contribution in [0.5, 0.6) is 0 Å². The normalized spacial score (nSPS) is 11.7. The molecule has 0 saturated carbocycles. The number of fused-ring (bicyclic) bond motifs is 1. The van der Waals surface area contributed by atoms with E-state index in [2.05, 4.69) is 22.7 Å². The fraction of sp³-hybridized carbons (Fsp3) is 0.150. The summed E-state index contributed by atoms with van der Waals surface area (Å²) in [7, 11) is 1.75. The van der Waals surface area contributed by atoms with Crippen molar-refractivity contribution in [3.05, 3.63) is 83.5 Å². The number of pyridine rings is 2. The van der Waals surface area contributed by atoms with Gasteiger partial charge >= 0.3 is 0 Å². The average molecular weight is 332 g/mol. The Bertz CT molecular complexity index is 1030. The third-order valence-electron chi connectivity index (χ3n) is 4.08. The highest BCUT2D eigenvalue weighted by Gasteiger charge is 2.15. The fourth-order valence-electron chi connectivity index (χ4n) is 2.86. The van der Waals surface area contributed by atoms with Gasteiger partial charge in [-0.1, -0.05) is 31.4 Å². The van der Waals surface area contributed by atoms with Crippen molar-refractivity contribution in [2.24, 2.45) is 7.05 Å². The monoisotopic (exact) mass is 332 g/mol. The van der Waals surface area contributed by atoms with Crippen molar-refractivity contribution in [1.29, 1.82) is 0 Å². The van der Waals surface area contributed by atoms with E-state index in [1.54, 1.807) is 36.2 Å². The summed E-state index contributed by atoms with van der Waals surface area (Å²) in [5.74, 6) is 0.768. The average Bonchev–Trinajstić information content (AvgIpc) is 2.97. The van der Waals surface area contributed by atoms with E-state index in [-0.39, 0.29) is 5.56 Å². The van der Waals surface area contributed by atoms with Crippen LogP contribution in [0, 0.1) is 6.92 Å². The molecule has 0 unspecified atom stereocenters. The maximum absolute atomic E-state index is 12.0. The van der Waals surface area contributed by atoms with Gasteiger partial charge < -0.3 is 9.13 Å². The lowest BCUT2D eigenvalue weighted by Crippen LogP contribution is -2.18. The molecule has 0 fully saturated rings. The van der Waals surface area contributed by atoms with E-state index in [1.165, 1.54) is 0 Å². The first kappa shape index (κ1) is 16.6. The van der Waals surface area contributed by atoms with Crippen LogP contribution < -0.4 is 5.56 Å². The van der Waals surface area contributed by atoms with Gasteiger partial charge in [-0.05, 0) is 30.7 Å². The largest absolute Gasteiger partial charge is 0.318 e. The van der Waals surface area contributed by atoms with E-state index in [9.17, 15) is 4.79 Å². The molecule has 0 radical (unpaired) electrons. The van der Waals surface area contributed by atoms with Gasteiger partial charge in [-0.3, -0.25) is 4.79 Å². The Morgan fingerprint density at radius 3 is 2.84 bits per heavy atom. The van der Waals surface area contributed by atoms with Gasteiger partial charge in [0.05, 0.1) is 5.52 Å². The van der Waals surface area contributed by atoms with Crippen molar-refractivity contribution in [1.82, 2.24) is 19.1 Å². The molecule has 25 heavy (non-hydrogen) atoms.